The Morgan fingerprint density at radius 1 is 1.10 bits per heavy atom. The minimum atomic E-state index is -0.453. The van der Waals surface area contributed by atoms with E-state index in [-0.39, 0.29) is 11.5 Å². The van der Waals surface area contributed by atoms with Crippen LogP contribution in [-0.4, -0.2) is 35.2 Å². The normalized spacial score (nSPS) is 16.6. The van der Waals surface area contributed by atoms with Crippen molar-refractivity contribution in [1.29, 1.82) is 0 Å². The predicted octanol–water partition coefficient (Wildman–Crippen LogP) is 3.04. The van der Waals surface area contributed by atoms with Crippen molar-refractivity contribution in [3.05, 3.63) is 39.9 Å². The third-order valence-corrected chi connectivity index (χ3v) is 3.75. The number of benzene rings is 1. The van der Waals surface area contributed by atoms with Crippen molar-refractivity contribution in [2.24, 2.45) is 0 Å². The topological polar surface area (TPSA) is 63.5 Å². The molecule has 1 aliphatic heterocycles. The third kappa shape index (κ3) is 4.13. The highest BCUT2D eigenvalue weighted by Gasteiger charge is 2.13. The van der Waals surface area contributed by atoms with Crippen molar-refractivity contribution in [2.45, 2.75) is 32.1 Å². The van der Waals surface area contributed by atoms with Crippen molar-refractivity contribution in [1.82, 2.24) is 4.90 Å². The Morgan fingerprint density at radius 3 is 2.25 bits per heavy atom. The SMILES string of the molecule is O=C(CCN1CCCCCC1)c1ccc([N+](=O)[O-])cc1. The van der Waals surface area contributed by atoms with Gasteiger partial charge in [-0.2, -0.15) is 0 Å². The first kappa shape index (κ1) is 14.7. The molecule has 5 heteroatoms. The third-order valence-electron chi connectivity index (χ3n) is 3.75. The zero-order valence-electron chi connectivity index (χ0n) is 11.6. The number of hydrogen-bond acceptors (Lipinski definition) is 4. The molecule has 0 aromatic heterocycles. The molecule has 1 fully saturated rings. The highest BCUT2D eigenvalue weighted by molar-refractivity contribution is 5.96. The second kappa shape index (κ2) is 7.14. The molecule has 108 valence electrons. The van der Waals surface area contributed by atoms with E-state index in [0.29, 0.717) is 12.0 Å². The molecular formula is C15H20N2O3. The van der Waals surface area contributed by atoms with E-state index in [4.69, 9.17) is 0 Å². The van der Waals surface area contributed by atoms with E-state index < -0.39 is 4.92 Å². The summed E-state index contributed by atoms with van der Waals surface area (Å²) in [6.45, 7) is 2.94. The van der Waals surface area contributed by atoms with Gasteiger partial charge in [0.25, 0.3) is 5.69 Å². The fourth-order valence-corrected chi connectivity index (χ4v) is 2.53. The van der Waals surface area contributed by atoms with Gasteiger partial charge < -0.3 is 4.90 Å². The Kier molecular flexibility index (Phi) is 5.24. The van der Waals surface area contributed by atoms with Crippen LogP contribution in [0.2, 0.25) is 0 Å². The fraction of sp³-hybridized carbons (Fsp3) is 0.533. The van der Waals surface area contributed by atoms with Crippen LogP contribution in [0.15, 0.2) is 24.3 Å². The Balaban J connectivity index is 1.86. The summed E-state index contributed by atoms with van der Waals surface area (Å²) >= 11 is 0. The van der Waals surface area contributed by atoms with Crippen molar-refractivity contribution in [3.63, 3.8) is 0 Å². The van der Waals surface area contributed by atoms with Gasteiger partial charge in [0.1, 0.15) is 0 Å². The molecule has 0 spiro atoms. The molecule has 0 radical (unpaired) electrons. The van der Waals surface area contributed by atoms with Gasteiger partial charge in [-0.05, 0) is 38.1 Å². The molecule has 0 amide bonds. The summed E-state index contributed by atoms with van der Waals surface area (Å²) in [6, 6.07) is 5.87. The number of hydrogen-bond donors (Lipinski definition) is 0. The van der Waals surface area contributed by atoms with Gasteiger partial charge in [0.15, 0.2) is 5.78 Å². The van der Waals surface area contributed by atoms with Crippen LogP contribution in [0.25, 0.3) is 0 Å². The molecule has 1 aliphatic rings. The van der Waals surface area contributed by atoms with Gasteiger partial charge in [-0.25, -0.2) is 0 Å². The fourth-order valence-electron chi connectivity index (χ4n) is 2.53. The molecule has 20 heavy (non-hydrogen) atoms. The molecule has 0 saturated carbocycles. The van der Waals surface area contributed by atoms with Crippen LogP contribution >= 0.6 is 0 Å². The van der Waals surface area contributed by atoms with Gasteiger partial charge in [-0.1, -0.05) is 12.8 Å². The minimum absolute atomic E-state index is 0.0223. The molecule has 1 heterocycles. The van der Waals surface area contributed by atoms with Crippen molar-refractivity contribution < 1.29 is 9.72 Å². The van der Waals surface area contributed by atoms with Gasteiger partial charge in [0, 0.05) is 30.7 Å². The van der Waals surface area contributed by atoms with Crippen LogP contribution in [0, 0.1) is 10.1 Å². The first-order chi connectivity index (χ1) is 9.66. The standard InChI is InChI=1S/C15H20N2O3/c18-15(9-12-16-10-3-1-2-4-11-16)13-5-7-14(8-6-13)17(19)20/h5-8H,1-4,9-12H2. The lowest BCUT2D eigenvalue weighted by molar-refractivity contribution is -0.384. The number of nitro groups is 1. The summed E-state index contributed by atoms with van der Waals surface area (Å²) in [5, 5.41) is 10.6. The number of non-ortho nitro benzene ring substituents is 1. The number of ketones is 1. The molecule has 2 rings (SSSR count). The zero-order valence-corrected chi connectivity index (χ0v) is 11.6. The summed E-state index contributed by atoms with van der Waals surface area (Å²) in [7, 11) is 0. The first-order valence-electron chi connectivity index (χ1n) is 7.17. The van der Waals surface area contributed by atoms with Gasteiger partial charge in [0.05, 0.1) is 4.92 Å². The maximum atomic E-state index is 12.1. The number of carbonyl (C=O) groups is 1. The Morgan fingerprint density at radius 2 is 1.70 bits per heavy atom. The van der Waals surface area contributed by atoms with Crippen LogP contribution in [0.3, 0.4) is 0 Å². The maximum absolute atomic E-state index is 12.1. The zero-order chi connectivity index (χ0) is 14.4. The number of likely N-dealkylation sites (tertiary alicyclic amines) is 1. The second-order valence-corrected chi connectivity index (χ2v) is 5.23. The molecule has 0 aliphatic carbocycles. The van der Waals surface area contributed by atoms with E-state index in [9.17, 15) is 14.9 Å². The Labute approximate surface area is 118 Å². The van der Waals surface area contributed by atoms with E-state index in [0.717, 1.165) is 19.6 Å². The lowest BCUT2D eigenvalue weighted by Crippen LogP contribution is -2.27. The average Bonchev–Trinajstić information content (AvgIpc) is 2.73. The highest BCUT2D eigenvalue weighted by Crippen LogP contribution is 2.14. The molecule has 0 bridgehead atoms. The van der Waals surface area contributed by atoms with Crippen LogP contribution in [0.4, 0.5) is 5.69 Å². The van der Waals surface area contributed by atoms with Gasteiger partial charge in [-0.3, -0.25) is 14.9 Å². The van der Waals surface area contributed by atoms with Crippen molar-refractivity contribution in [3.8, 4) is 0 Å². The molecule has 0 unspecified atom stereocenters. The first-order valence-corrected chi connectivity index (χ1v) is 7.17. The number of nitro benzene ring substituents is 1. The van der Waals surface area contributed by atoms with Gasteiger partial charge in [0.2, 0.25) is 0 Å². The summed E-state index contributed by atoms with van der Waals surface area (Å²) < 4.78 is 0. The number of Topliss-reactive ketones (excluding diaryl/α,β-unsaturated/α-hetero) is 1. The second-order valence-electron chi connectivity index (χ2n) is 5.23. The number of nitrogens with zero attached hydrogens (tertiary/aromatic N) is 2. The number of rotatable bonds is 5. The molecule has 1 aromatic carbocycles. The predicted molar refractivity (Wildman–Crippen MR) is 77.0 cm³/mol. The maximum Gasteiger partial charge on any atom is 0.269 e. The monoisotopic (exact) mass is 276 g/mol. The summed E-state index contributed by atoms with van der Waals surface area (Å²) in [6.07, 6.45) is 5.48. The summed E-state index contributed by atoms with van der Waals surface area (Å²) in [4.78, 5) is 24.5. The molecule has 1 aromatic rings. The molecular weight excluding hydrogens is 256 g/mol. The molecule has 0 atom stereocenters. The quantitative estimate of drug-likeness (QED) is 0.471. The van der Waals surface area contributed by atoms with Gasteiger partial charge in [-0.15, -0.1) is 0 Å². The minimum Gasteiger partial charge on any atom is -0.303 e. The van der Waals surface area contributed by atoms with Crippen molar-refractivity contribution >= 4 is 11.5 Å². The van der Waals surface area contributed by atoms with E-state index in [1.165, 1.54) is 37.8 Å². The summed E-state index contributed by atoms with van der Waals surface area (Å²) in [5.74, 6) is 0.0594. The Hall–Kier alpha value is -1.75. The van der Waals surface area contributed by atoms with Crippen LogP contribution in [-0.2, 0) is 0 Å². The van der Waals surface area contributed by atoms with Crippen LogP contribution < -0.4 is 0 Å². The molecule has 0 N–H and O–H groups in total. The lowest BCUT2D eigenvalue weighted by Gasteiger charge is -2.18. The average molecular weight is 276 g/mol. The van der Waals surface area contributed by atoms with E-state index in [1.54, 1.807) is 12.1 Å². The highest BCUT2D eigenvalue weighted by atomic mass is 16.6. The van der Waals surface area contributed by atoms with Crippen LogP contribution in [0.1, 0.15) is 42.5 Å². The van der Waals surface area contributed by atoms with Crippen LogP contribution in [0.5, 0.6) is 0 Å². The number of carbonyl (C=O) groups excluding carboxylic acids is 1. The van der Waals surface area contributed by atoms with E-state index >= 15 is 0 Å². The van der Waals surface area contributed by atoms with Crippen molar-refractivity contribution in [2.75, 3.05) is 19.6 Å². The summed E-state index contributed by atoms with van der Waals surface area (Å²) in [5.41, 5.74) is 0.583. The smallest absolute Gasteiger partial charge is 0.269 e. The lowest BCUT2D eigenvalue weighted by atomic mass is 10.1. The molecule has 1 saturated heterocycles. The largest absolute Gasteiger partial charge is 0.303 e. The van der Waals surface area contributed by atoms with Gasteiger partial charge >= 0.3 is 0 Å². The molecule has 5 nitrogen and oxygen atoms in total. The van der Waals surface area contributed by atoms with E-state index in [2.05, 4.69) is 4.90 Å². The van der Waals surface area contributed by atoms with E-state index in [1.807, 2.05) is 0 Å². The Bertz CT molecular complexity index is 463.